The van der Waals surface area contributed by atoms with Crippen molar-refractivity contribution in [2.45, 2.75) is 38.5 Å². The summed E-state index contributed by atoms with van der Waals surface area (Å²) in [6.45, 7) is 0. The Morgan fingerprint density at radius 1 is 0.750 bits per heavy atom. The molecule has 0 radical (unpaired) electrons. The van der Waals surface area contributed by atoms with Crippen molar-refractivity contribution < 1.29 is 9.53 Å². The Balaban J connectivity index is 1.45. The topological polar surface area (TPSA) is 26.3 Å². The third-order valence-corrected chi connectivity index (χ3v) is 4.63. The predicted molar refractivity (Wildman–Crippen MR) is 96.4 cm³/mol. The van der Waals surface area contributed by atoms with Crippen LogP contribution in [0, 0.1) is 5.92 Å². The first kappa shape index (κ1) is 16.5. The summed E-state index contributed by atoms with van der Waals surface area (Å²) in [5.41, 5.74) is 3.85. The minimum atomic E-state index is -0.0715. The Kier molecular flexibility index (Phi) is 5.84. The Morgan fingerprint density at radius 3 is 1.96 bits per heavy atom. The first-order valence-corrected chi connectivity index (χ1v) is 8.80. The van der Waals surface area contributed by atoms with Crippen LogP contribution in [0.5, 0.6) is 0 Å². The maximum atomic E-state index is 12.0. The lowest BCUT2D eigenvalue weighted by Crippen LogP contribution is -2.12. The number of carbonyl (C=O) groups is 1. The Morgan fingerprint density at radius 2 is 1.33 bits per heavy atom. The highest BCUT2D eigenvalue weighted by Gasteiger charge is 2.29. The average molecular weight is 320 g/mol. The molecule has 2 aromatic carbocycles. The zero-order chi connectivity index (χ0) is 16.6. The Bertz CT molecular complexity index is 674. The van der Waals surface area contributed by atoms with Crippen molar-refractivity contribution in [1.29, 1.82) is 0 Å². The second-order valence-corrected chi connectivity index (χ2v) is 6.40. The van der Waals surface area contributed by atoms with Gasteiger partial charge in [-0.3, -0.25) is 4.79 Å². The first-order valence-electron chi connectivity index (χ1n) is 8.80. The summed E-state index contributed by atoms with van der Waals surface area (Å²) in [6, 6.07) is 20.9. The molecule has 0 saturated carbocycles. The predicted octanol–water partition coefficient (Wildman–Crippen LogP) is 5.09. The van der Waals surface area contributed by atoms with Gasteiger partial charge in [-0.2, -0.15) is 0 Å². The number of rotatable bonds is 8. The number of hydrogen-bond donors (Lipinski definition) is 0. The van der Waals surface area contributed by atoms with Crippen molar-refractivity contribution in [3.8, 4) is 0 Å². The van der Waals surface area contributed by atoms with Crippen LogP contribution in [-0.2, 0) is 22.4 Å². The monoisotopic (exact) mass is 320 g/mol. The van der Waals surface area contributed by atoms with Gasteiger partial charge in [0.05, 0.1) is 12.2 Å². The van der Waals surface area contributed by atoms with E-state index in [1.807, 2.05) is 12.1 Å². The molecule has 0 spiro atoms. The van der Waals surface area contributed by atoms with Crippen LogP contribution >= 0.6 is 0 Å². The highest BCUT2D eigenvalue weighted by atomic mass is 16.5. The van der Waals surface area contributed by atoms with Gasteiger partial charge in [-0.05, 0) is 55.2 Å². The van der Waals surface area contributed by atoms with E-state index in [1.54, 1.807) is 6.26 Å². The van der Waals surface area contributed by atoms with E-state index in [4.69, 9.17) is 4.74 Å². The minimum absolute atomic E-state index is 0.0375. The highest BCUT2D eigenvalue weighted by molar-refractivity contribution is 5.79. The summed E-state index contributed by atoms with van der Waals surface area (Å²) < 4.78 is 5.18. The molecule has 0 aromatic heterocycles. The van der Waals surface area contributed by atoms with Gasteiger partial charge in [0.25, 0.3) is 0 Å². The zero-order valence-electron chi connectivity index (χ0n) is 14.0. The summed E-state index contributed by atoms with van der Waals surface area (Å²) >= 11 is 0. The quantitative estimate of drug-likeness (QED) is 0.633. The first-order chi connectivity index (χ1) is 11.8. The molecule has 0 saturated heterocycles. The Hall–Kier alpha value is -2.35. The van der Waals surface area contributed by atoms with Gasteiger partial charge in [0.2, 0.25) is 0 Å². The standard InChI is InChI=1S/C22H24O2/c23-22-21(16-8-14-19-11-5-2-6-12-19)20(17-24-22)15-7-13-18-9-3-1-4-10-18/h1-6,9-12,17,21H,7-8,13-16H2. The largest absolute Gasteiger partial charge is 0.434 e. The highest BCUT2D eigenvalue weighted by Crippen LogP contribution is 2.29. The van der Waals surface area contributed by atoms with Crippen molar-refractivity contribution in [2.24, 2.45) is 5.92 Å². The van der Waals surface area contributed by atoms with Gasteiger partial charge in [-0.25, -0.2) is 0 Å². The number of cyclic esters (lactones) is 1. The molecule has 2 aromatic rings. The third kappa shape index (κ3) is 4.58. The van der Waals surface area contributed by atoms with Crippen LogP contribution in [0.25, 0.3) is 0 Å². The van der Waals surface area contributed by atoms with E-state index in [0.717, 1.165) is 38.5 Å². The molecule has 1 aliphatic rings. The molecule has 1 heterocycles. The normalized spacial score (nSPS) is 16.8. The molecule has 1 unspecified atom stereocenters. The van der Waals surface area contributed by atoms with Gasteiger partial charge in [-0.1, -0.05) is 60.7 Å². The number of carbonyl (C=O) groups excluding carboxylic acids is 1. The smallest absolute Gasteiger partial charge is 0.318 e. The second-order valence-electron chi connectivity index (χ2n) is 6.40. The zero-order valence-corrected chi connectivity index (χ0v) is 14.0. The average Bonchev–Trinajstić information content (AvgIpc) is 2.97. The summed E-state index contributed by atoms with van der Waals surface area (Å²) in [4.78, 5) is 12.0. The maximum Gasteiger partial charge on any atom is 0.318 e. The van der Waals surface area contributed by atoms with Gasteiger partial charge in [-0.15, -0.1) is 0 Å². The minimum Gasteiger partial charge on any atom is -0.434 e. The SMILES string of the molecule is O=C1OC=C(CCCc2ccccc2)C1CCCc1ccccc1. The lowest BCUT2D eigenvalue weighted by atomic mass is 9.91. The van der Waals surface area contributed by atoms with E-state index in [2.05, 4.69) is 48.5 Å². The van der Waals surface area contributed by atoms with E-state index in [0.29, 0.717) is 0 Å². The molecule has 24 heavy (non-hydrogen) atoms. The van der Waals surface area contributed by atoms with Crippen molar-refractivity contribution >= 4 is 5.97 Å². The number of esters is 1. The lowest BCUT2D eigenvalue weighted by molar-refractivity contribution is -0.139. The van der Waals surface area contributed by atoms with Crippen LogP contribution in [-0.4, -0.2) is 5.97 Å². The number of ether oxygens (including phenoxy) is 1. The molecule has 2 heteroatoms. The molecule has 0 amide bonds. The molecule has 1 aliphatic heterocycles. The van der Waals surface area contributed by atoms with Gasteiger partial charge < -0.3 is 4.74 Å². The molecule has 0 aliphatic carbocycles. The summed E-state index contributed by atoms with van der Waals surface area (Å²) in [6.07, 6.45) is 7.65. The van der Waals surface area contributed by atoms with Crippen LogP contribution in [0.3, 0.4) is 0 Å². The van der Waals surface area contributed by atoms with Gasteiger partial charge in [0.15, 0.2) is 0 Å². The van der Waals surface area contributed by atoms with Crippen molar-refractivity contribution in [3.05, 3.63) is 83.6 Å². The van der Waals surface area contributed by atoms with Crippen molar-refractivity contribution in [2.75, 3.05) is 0 Å². The van der Waals surface area contributed by atoms with Crippen molar-refractivity contribution in [3.63, 3.8) is 0 Å². The molecule has 3 rings (SSSR count). The summed E-state index contributed by atoms with van der Waals surface area (Å²) in [7, 11) is 0. The van der Waals surface area contributed by atoms with Crippen LogP contribution < -0.4 is 0 Å². The molecular formula is C22H24O2. The number of hydrogen-bond acceptors (Lipinski definition) is 2. The fourth-order valence-electron chi connectivity index (χ4n) is 3.28. The third-order valence-electron chi connectivity index (χ3n) is 4.63. The van der Waals surface area contributed by atoms with Crippen LogP contribution in [0.2, 0.25) is 0 Å². The second kappa shape index (κ2) is 8.49. The molecule has 0 fully saturated rings. The fourth-order valence-corrected chi connectivity index (χ4v) is 3.28. The number of aryl methyl sites for hydroxylation is 2. The molecule has 0 bridgehead atoms. The summed E-state index contributed by atoms with van der Waals surface area (Å²) in [5.74, 6) is -0.109. The number of benzene rings is 2. The molecule has 124 valence electrons. The van der Waals surface area contributed by atoms with Gasteiger partial charge in [0.1, 0.15) is 0 Å². The van der Waals surface area contributed by atoms with Gasteiger partial charge in [0, 0.05) is 0 Å². The van der Waals surface area contributed by atoms with E-state index < -0.39 is 0 Å². The fraction of sp³-hybridized carbons (Fsp3) is 0.318. The van der Waals surface area contributed by atoms with E-state index in [-0.39, 0.29) is 11.9 Å². The summed E-state index contributed by atoms with van der Waals surface area (Å²) in [5, 5.41) is 0. The van der Waals surface area contributed by atoms with Crippen LogP contribution in [0.15, 0.2) is 72.5 Å². The molecule has 1 atom stereocenters. The van der Waals surface area contributed by atoms with Crippen molar-refractivity contribution in [1.82, 2.24) is 0 Å². The van der Waals surface area contributed by atoms with E-state index >= 15 is 0 Å². The van der Waals surface area contributed by atoms with Crippen LogP contribution in [0.4, 0.5) is 0 Å². The lowest BCUT2D eigenvalue weighted by Gasteiger charge is -2.11. The Labute approximate surface area is 144 Å². The molecule has 2 nitrogen and oxygen atoms in total. The maximum absolute atomic E-state index is 12.0. The van der Waals surface area contributed by atoms with E-state index in [1.165, 1.54) is 16.7 Å². The van der Waals surface area contributed by atoms with Gasteiger partial charge >= 0.3 is 5.97 Å². The van der Waals surface area contributed by atoms with E-state index in [9.17, 15) is 4.79 Å². The molecular weight excluding hydrogens is 296 g/mol. The van der Waals surface area contributed by atoms with Crippen LogP contribution in [0.1, 0.15) is 36.8 Å². The molecule has 0 N–H and O–H groups in total.